The van der Waals surface area contributed by atoms with E-state index in [1.54, 1.807) is 0 Å². The van der Waals surface area contributed by atoms with Crippen LogP contribution >= 0.6 is 11.6 Å². The lowest BCUT2D eigenvalue weighted by Gasteiger charge is -2.11. The van der Waals surface area contributed by atoms with Gasteiger partial charge in [0.25, 0.3) is 17.3 Å². The highest BCUT2D eigenvalue weighted by atomic mass is 35.5. The Labute approximate surface area is 173 Å². The summed E-state index contributed by atoms with van der Waals surface area (Å²) in [5.41, 5.74) is -1.26. The van der Waals surface area contributed by atoms with Crippen molar-refractivity contribution in [3.05, 3.63) is 61.1 Å². The van der Waals surface area contributed by atoms with Crippen molar-refractivity contribution in [2.45, 2.75) is 0 Å². The Morgan fingerprint density at radius 3 is 2.20 bits per heavy atom. The number of nitro groups is 2. The minimum Gasteiger partial charge on any atom is -0.493 e. The SMILES string of the molecule is COc1cc(C(=O)OCC(=O)Nc2ccc([N+](=O)[O-])cc2Cl)c([N+](=O)[O-])cc1OC. The summed E-state index contributed by atoms with van der Waals surface area (Å²) >= 11 is 5.87. The minimum atomic E-state index is -1.15. The number of halogens is 1. The first-order valence-electron chi connectivity index (χ1n) is 7.99. The van der Waals surface area contributed by atoms with Crippen LogP contribution < -0.4 is 14.8 Å². The molecule has 12 nitrogen and oxygen atoms in total. The maximum Gasteiger partial charge on any atom is 0.345 e. The van der Waals surface area contributed by atoms with Crippen LogP contribution in [0.15, 0.2) is 30.3 Å². The Hall–Kier alpha value is -3.93. The zero-order chi connectivity index (χ0) is 22.4. The Kier molecular flexibility index (Phi) is 7.09. The molecule has 0 aromatic heterocycles. The van der Waals surface area contributed by atoms with Gasteiger partial charge in [0.2, 0.25) is 0 Å². The molecule has 0 fully saturated rings. The summed E-state index contributed by atoms with van der Waals surface area (Å²) in [4.78, 5) is 44.8. The van der Waals surface area contributed by atoms with E-state index in [4.69, 9.17) is 25.8 Å². The van der Waals surface area contributed by atoms with E-state index in [0.29, 0.717) is 0 Å². The van der Waals surface area contributed by atoms with Gasteiger partial charge in [-0.1, -0.05) is 11.6 Å². The zero-order valence-corrected chi connectivity index (χ0v) is 16.3. The van der Waals surface area contributed by atoms with E-state index in [0.717, 1.165) is 24.3 Å². The van der Waals surface area contributed by atoms with Gasteiger partial charge in [-0.2, -0.15) is 0 Å². The standard InChI is InChI=1S/C17H14ClN3O9/c1-28-14-6-10(13(21(26)27)7-15(14)29-2)17(23)30-8-16(22)19-12-4-3-9(20(24)25)5-11(12)18/h3-7H,8H2,1-2H3,(H,19,22). The van der Waals surface area contributed by atoms with Crippen LogP contribution in [-0.2, 0) is 9.53 Å². The van der Waals surface area contributed by atoms with Crippen LogP contribution in [-0.4, -0.2) is 42.5 Å². The van der Waals surface area contributed by atoms with Gasteiger partial charge in [0.05, 0.1) is 40.8 Å². The lowest BCUT2D eigenvalue weighted by Crippen LogP contribution is -2.21. The highest BCUT2D eigenvalue weighted by molar-refractivity contribution is 6.34. The van der Waals surface area contributed by atoms with Crippen molar-refractivity contribution < 1.29 is 33.6 Å². The molecule has 2 aromatic carbocycles. The molecule has 30 heavy (non-hydrogen) atoms. The van der Waals surface area contributed by atoms with Gasteiger partial charge in [0.15, 0.2) is 18.1 Å². The molecule has 0 saturated heterocycles. The van der Waals surface area contributed by atoms with Crippen LogP contribution in [0.2, 0.25) is 5.02 Å². The summed E-state index contributed by atoms with van der Waals surface area (Å²) in [6.45, 7) is -0.794. The molecule has 2 aromatic rings. The number of nitrogens with zero attached hydrogens (tertiary/aromatic N) is 2. The summed E-state index contributed by atoms with van der Waals surface area (Å²) in [5.74, 6) is -1.88. The van der Waals surface area contributed by atoms with E-state index in [9.17, 15) is 29.8 Å². The van der Waals surface area contributed by atoms with E-state index in [-0.39, 0.29) is 27.9 Å². The van der Waals surface area contributed by atoms with Gasteiger partial charge in [-0.25, -0.2) is 4.79 Å². The smallest absolute Gasteiger partial charge is 0.345 e. The quantitative estimate of drug-likeness (QED) is 0.370. The van der Waals surface area contributed by atoms with Gasteiger partial charge in [-0.3, -0.25) is 25.0 Å². The molecule has 0 atom stereocenters. The molecule has 0 unspecified atom stereocenters. The lowest BCUT2D eigenvalue weighted by molar-refractivity contribution is -0.385. The Bertz CT molecular complexity index is 1030. The monoisotopic (exact) mass is 439 g/mol. The summed E-state index contributed by atoms with van der Waals surface area (Å²) in [7, 11) is 2.55. The predicted octanol–water partition coefficient (Wildman–Crippen LogP) is 2.97. The fraction of sp³-hybridized carbons (Fsp3) is 0.176. The van der Waals surface area contributed by atoms with Crippen LogP contribution in [0.25, 0.3) is 0 Å². The molecule has 2 rings (SSSR count). The number of hydrogen-bond donors (Lipinski definition) is 1. The third kappa shape index (κ3) is 5.11. The second-order valence-corrected chi connectivity index (χ2v) is 5.93. The fourth-order valence-corrected chi connectivity index (χ4v) is 2.52. The molecule has 0 aliphatic carbocycles. The predicted molar refractivity (Wildman–Crippen MR) is 103 cm³/mol. The van der Waals surface area contributed by atoms with Gasteiger partial charge in [-0.15, -0.1) is 0 Å². The van der Waals surface area contributed by atoms with E-state index in [1.165, 1.54) is 20.3 Å². The fourth-order valence-electron chi connectivity index (χ4n) is 2.30. The van der Waals surface area contributed by atoms with Crippen LogP contribution in [0.4, 0.5) is 17.1 Å². The van der Waals surface area contributed by atoms with Gasteiger partial charge < -0.3 is 19.5 Å². The number of carbonyl (C=O) groups is 2. The molecule has 1 N–H and O–H groups in total. The van der Waals surface area contributed by atoms with Gasteiger partial charge in [0.1, 0.15) is 5.56 Å². The number of amides is 1. The van der Waals surface area contributed by atoms with Crippen LogP contribution in [0.3, 0.4) is 0 Å². The summed E-state index contributed by atoms with van der Waals surface area (Å²) in [6, 6.07) is 5.42. The Morgan fingerprint density at radius 1 is 1.03 bits per heavy atom. The molecule has 0 bridgehead atoms. The minimum absolute atomic E-state index is 0.0336. The van der Waals surface area contributed by atoms with E-state index in [1.807, 2.05) is 0 Å². The van der Waals surface area contributed by atoms with Crippen LogP contribution in [0.5, 0.6) is 11.5 Å². The number of nitro benzene ring substituents is 2. The average Bonchev–Trinajstić information content (AvgIpc) is 2.72. The van der Waals surface area contributed by atoms with Gasteiger partial charge in [0, 0.05) is 18.2 Å². The number of esters is 1. The van der Waals surface area contributed by atoms with E-state index >= 15 is 0 Å². The lowest BCUT2D eigenvalue weighted by atomic mass is 10.1. The molecule has 0 heterocycles. The number of carbonyl (C=O) groups excluding carboxylic acids is 2. The molecule has 1 amide bonds. The van der Waals surface area contributed by atoms with E-state index < -0.39 is 39.6 Å². The molecule has 13 heteroatoms. The maximum atomic E-state index is 12.3. The number of nitrogens with one attached hydrogen (secondary N) is 1. The third-order valence-electron chi connectivity index (χ3n) is 3.69. The summed E-state index contributed by atoms with van der Waals surface area (Å²) in [6.07, 6.45) is 0. The first kappa shape index (κ1) is 22.4. The molecular weight excluding hydrogens is 426 g/mol. The normalized spacial score (nSPS) is 10.1. The first-order valence-corrected chi connectivity index (χ1v) is 8.37. The number of anilines is 1. The molecular formula is C17H14ClN3O9. The van der Waals surface area contributed by atoms with Crippen molar-refractivity contribution in [1.82, 2.24) is 0 Å². The molecule has 0 spiro atoms. The second kappa shape index (κ2) is 9.52. The largest absolute Gasteiger partial charge is 0.493 e. The highest BCUT2D eigenvalue weighted by Crippen LogP contribution is 2.34. The van der Waals surface area contributed by atoms with E-state index in [2.05, 4.69) is 5.32 Å². The zero-order valence-electron chi connectivity index (χ0n) is 15.5. The molecule has 0 saturated carbocycles. The number of ether oxygens (including phenoxy) is 3. The van der Waals surface area contributed by atoms with Crippen molar-refractivity contribution >= 4 is 40.5 Å². The van der Waals surface area contributed by atoms with Crippen LogP contribution in [0.1, 0.15) is 10.4 Å². The highest BCUT2D eigenvalue weighted by Gasteiger charge is 2.26. The van der Waals surface area contributed by atoms with Gasteiger partial charge >= 0.3 is 5.97 Å². The van der Waals surface area contributed by atoms with Gasteiger partial charge in [-0.05, 0) is 6.07 Å². The first-order chi connectivity index (χ1) is 14.2. The Morgan fingerprint density at radius 2 is 1.67 bits per heavy atom. The van der Waals surface area contributed by atoms with Crippen molar-refractivity contribution in [2.24, 2.45) is 0 Å². The molecule has 158 valence electrons. The van der Waals surface area contributed by atoms with Crippen molar-refractivity contribution in [3.63, 3.8) is 0 Å². The summed E-state index contributed by atoms with van der Waals surface area (Å²) in [5, 5.41) is 24.2. The number of rotatable bonds is 8. The third-order valence-corrected chi connectivity index (χ3v) is 4.00. The van der Waals surface area contributed by atoms with Crippen molar-refractivity contribution in [1.29, 1.82) is 0 Å². The molecule has 0 aliphatic heterocycles. The Balaban J connectivity index is 2.12. The van der Waals surface area contributed by atoms with Crippen LogP contribution in [0, 0.1) is 20.2 Å². The molecule has 0 radical (unpaired) electrons. The van der Waals surface area contributed by atoms with Crippen molar-refractivity contribution in [2.75, 3.05) is 26.1 Å². The van der Waals surface area contributed by atoms with Crippen molar-refractivity contribution in [3.8, 4) is 11.5 Å². The maximum absolute atomic E-state index is 12.3. The second-order valence-electron chi connectivity index (χ2n) is 5.53. The molecule has 0 aliphatic rings. The number of hydrogen-bond acceptors (Lipinski definition) is 9. The number of non-ortho nitro benzene ring substituents is 1. The number of methoxy groups -OCH3 is 2. The number of benzene rings is 2. The topological polar surface area (TPSA) is 160 Å². The summed E-state index contributed by atoms with van der Waals surface area (Å²) < 4.78 is 14.8. The average molecular weight is 440 g/mol.